The topological polar surface area (TPSA) is 57.0 Å². The summed E-state index contributed by atoms with van der Waals surface area (Å²) in [5, 5.41) is 0. The smallest absolute Gasteiger partial charge is 0.292 e. The third-order valence-corrected chi connectivity index (χ3v) is 4.37. The first-order valence-corrected chi connectivity index (χ1v) is 8.97. The maximum Gasteiger partial charge on any atom is 0.292 e. The first kappa shape index (κ1) is 17.7. The quantitative estimate of drug-likeness (QED) is 0.532. The number of benzene rings is 2. The zero-order valence-corrected chi connectivity index (χ0v) is 15.4. The van der Waals surface area contributed by atoms with Crippen LogP contribution in [0.4, 0.5) is 0 Å². The normalized spacial score (nSPS) is 10.6. The Morgan fingerprint density at radius 2 is 1.64 bits per heavy atom. The van der Waals surface area contributed by atoms with E-state index in [2.05, 4.69) is 9.97 Å². The van der Waals surface area contributed by atoms with E-state index in [1.807, 2.05) is 66.7 Å². The summed E-state index contributed by atoms with van der Waals surface area (Å²) in [5.41, 5.74) is 3.36. The molecule has 0 saturated heterocycles. The zero-order chi connectivity index (χ0) is 19.3. The second-order valence-corrected chi connectivity index (χ2v) is 6.41. The molecule has 4 aromatic rings. The molecule has 0 aliphatic carbocycles. The fourth-order valence-corrected chi connectivity index (χ4v) is 2.91. The first-order valence-electron chi connectivity index (χ1n) is 8.97. The average Bonchev–Trinajstić information content (AvgIpc) is 2.76. The third-order valence-electron chi connectivity index (χ3n) is 4.37. The lowest BCUT2D eigenvalue weighted by Crippen LogP contribution is -2.19. The average molecular weight is 369 g/mol. The Morgan fingerprint density at radius 3 is 2.39 bits per heavy atom. The molecule has 2 aromatic heterocycles. The number of hydrogen-bond acceptors (Lipinski definition) is 4. The van der Waals surface area contributed by atoms with Crippen LogP contribution >= 0.6 is 0 Å². The molecule has 138 valence electrons. The summed E-state index contributed by atoms with van der Waals surface area (Å²) >= 11 is 0. The van der Waals surface area contributed by atoms with Crippen LogP contribution in [-0.2, 0) is 13.7 Å². The van der Waals surface area contributed by atoms with E-state index in [-0.39, 0.29) is 11.3 Å². The molecule has 0 fully saturated rings. The molecule has 0 saturated carbocycles. The molecule has 0 spiro atoms. The summed E-state index contributed by atoms with van der Waals surface area (Å²) < 4.78 is 7.29. The van der Waals surface area contributed by atoms with Crippen molar-refractivity contribution in [2.75, 3.05) is 0 Å². The SMILES string of the molecule is Cn1cc(-c2nccc(-c3ccccc3)n2)cc(OCc2ccccc2)c1=O. The summed E-state index contributed by atoms with van der Waals surface area (Å²) in [4.78, 5) is 21.5. The van der Waals surface area contributed by atoms with Crippen molar-refractivity contribution in [3.05, 3.63) is 101 Å². The van der Waals surface area contributed by atoms with Gasteiger partial charge < -0.3 is 9.30 Å². The van der Waals surface area contributed by atoms with Gasteiger partial charge in [-0.15, -0.1) is 0 Å². The lowest BCUT2D eigenvalue weighted by Gasteiger charge is -2.10. The molecule has 4 rings (SSSR count). The van der Waals surface area contributed by atoms with Crippen LogP contribution in [0.3, 0.4) is 0 Å². The van der Waals surface area contributed by atoms with Crippen LogP contribution < -0.4 is 10.3 Å². The fourth-order valence-electron chi connectivity index (χ4n) is 2.91. The van der Waals surface area contributed by atoms with Crippen LogP contribution in [0.25, 0.3) is 22.6 Å². The van der Waals surface area contributed by atoms with Crippen molar-refractivity contribution >= 4 is 0 Å². The van der Waals surface area contributed by atoms with E-state index >= 15 is 0 Å². The third kappa shape index (κ3) is 3.83. The molecule has 2 heterocycles. The van der Waals surface area contributed by atoms with Crippen LogP contribution in [0.5, 0.6) is 5.75 Å². The summed E-state index contributed by atoms with van der Waals surface area (Å²) in [6.45, 7) is 0.324. The predicted octanol–water partition coefficient (Wildman–Crippen LogP) is 4.09. The van der Waals surface area contributed by atoms with Crippen LogP contribution in [0.2, 0.25) is 0 Å². The van der Waals surface area contributed by atoms with Crippen molar-refractivity contribution in [1.82, 2.24) is 14.5 Å². The number of aromatic nitrogens is 3. The molecule has 0 aliphatic rings. The molecule has 5 nitrogen and oxygen atoms in total. The van der Waals surface area contributed by atoms with Gasteiger partial charge in [0, 0.05) is 30.6 Å². The molecule has 0 unspecified atom stereocenters. The standard InChI is InChI=1S/C23H19N3O2/c1-26-15-19(14-21(23(26)27)28-16-17-8-4-2-5-9-17)22-24-13-12-20(25-22)18-10-6-3-7-11-18/h2-15H,16H2,1H3. The first-order chi connectivity index (χ1) is 13.7. The zero-order valence-electron chi connectivity index (χ0n) is 15.4. The second kappa shape index (κ2) is 7.88. The Morgan fingerprint density at radius 1 is 0.929 bits per heavy atom. The molecule has 0 amide bonds. The van der Waals surface area contributed by atoms with Crippen LogP contribution in [0, 0.1) is 0 Å². The van der Waals surface area contributed by atoms with E-state index in [4.69, 9.17) is 4.74 Å². The fraction of sp³-hybridized carbons (Fsp3) is 0.0870. The highest BCUT2D eigenvalue weighted by Crippen LogP contribution is 2.22. The van der Waals surface area contributed by atoms with E-state index in [0.29, 0.717) is 12.4 Å². The molecule has 28 heavy (non-hydrogen) atoms. The van der Waals surface area contributed by atoms with E-state index < -0.39 is 0 Å². The van der Waals surface area contributed by atoms with Crippen molar-refractivity contribution in [2.45, 2.75) is 6.61 Å². The molecule has 0 bridgehead atoms. The second-order valence-electron chi connectivity index (χ2n) is 6.41. The van der Waals surface area contributed by atoms with Gasteiger partial charge in [-0.1, -0.05) is 60.7 Å². The number of aryl methyl sites for hydroxylation is 1. The van der Waals surface area contributed by atoms with Crippen LogP contribution in [-0.4, -0.2) is 14.5 Å². The molecule has 0 atom stereocenters. The number of pyridine rings is 1. The highest BCUT2D eigenvalue weighted by molar-refractivity contribution is 5.63. The lowest BCUT2D eigenvalue weighted by molar-refractivity contribution is 0.300. The Kier molecular flexibility index (Phi) is 4.97. The Balaban J connectivity index is 1.67. The van der Waals surface area contributed by atoms with Gasteiger partial charge >= 0.3 is 0 Å². The number of nitrogens with zero attached hydrogens (tertiary/aromatic N) is 3. The Hall–Kier alpha value is -3.73. The van der Waals surface area contributed by atoms with Crippen molar-refractivity contribution in [3.63, 3.8) is 0 Å². The highest BCUT2D eigenvalue weighted by Gasteiger charge is 2.11. The molecule has 0 radical (unpaired) electrons. The van der Waals surface area contributed by atoms with Crippen LogP contribution in [0.1, 0.15) is 5.56 Å². The van der Waals surface area contributed by atoms with Crippen molar-refractivity contribution in [3.8, 4) is 28.4 Å². The largest absolute Gasteiger partial charge is 0.483 e. The summed E-state index contributed by atoms with van der Waals surface area (Å²) in [7, 11) is 1.70. The number of rotatable bonds is 5. The Labute approximate surface area is 162 Å². The molecular weight excluding hydrogens is 350 g/mol. The lowest BCUT2D eigenvalue weighted by atomic mass is 10.1. The predicted molar refractivity (Wildman–Crippen MR) is 109 cm³/mol. The highest BCUT2D eigenvalue weighted by atomic mass is 16.5. The number of hydrogen-bond donors (Lipinski definition) is 0. The minimum Gasteiger partial charge on any atom is -0.483 e. The van der Waals surface area contributed by atoms with Gasteiger partial charge in [0.15, 0.2) is 11.6 Å². The Bertz CT molecular complexity index is 1140. The minimum absolute atomic E-state index is 0.195. The molecule has 0 N–H and O–H groups in total. The molecular formula is C23H19N3O2. The van der Waals surface area contributed by atoms with Crippen molar-refractivity contribution < 1.29 is 4.74 Å². The summed E-state index contributed by atoms with van der Waals surface area (Å²) in [5.74, 6) is 0.819. The van der Waals surface area contributed by atoms with Crippen LogP contribution in [0.15, 0.2) is 90.0 Å². The van der Waals surface area contributed by atoms with E-state index in [0.717, 1.165) is 22.4 Å². The summed E-state index contributed by atoms with van der Waals surface area (Å²) in [6, 6.07) is 23.2. The summed E-state index contributed by atoms with van der Waals surface area (Å²) in [6.07, 6.45) is 3.45. The van der Waals surface area contributed by atoms with Crippen molar-refractivity contribution in [1.29, 1.82) is 0 Å². The van der Waals surface area contributed by atoms with E-state index in [1.54, 1.807) is 25.5 Å². The van der Waals surface area contributed by atoms with Gasteiger partial charge in [-0.2, -0.15) is 0 Å². The maximum absolute atomic E-state index is 12.5. The molecule has 5 heteroatoms. The van der Waals surface area contributed by atoms with E-state index in [9.17, 15) is 4.79 Å². The van der Waals surface area contributed by atoms with Gasteiger partial charge in [0.2, 0.25) is 0 Å². The van der Waals surface area contributed by atoms with Gasteiger partial charge in [0.25, 0.3) is 5.56 Å². The van der Waals surface area contributed by atoms with Crippen molar-refractivity contribution in [2.24, 2.45) is 7.05 Å². The number of ether oxygens (including phenoxy) is 1. The maximum atomic E-state index is 12.5. The van der Waals surface area contributed by atoms with Gasteiger partial charge in [-0.3, -0.25) is 4.79 Å². The van der Waals surface area contributed by atoms with Gasteiger partial charge in [0.05, 0.1) is 5.69 Å². The van der Waals surface area contributed by atoms with E-state index in [1.165, 1.54) is 4.57 Å². The van der Waals surface area contributed by atoms with Gasteiger partial charge in [-0.25, -0.2) is 9.97 Å². The van der Waals surface area contributed by atoms with Gasteiger partial charge in [0.1, 0.15) is 6.61 Å². The molecule has 0 aliphatic heterocycles. The van der Waals surface area contributed by atoms with Gasteiger partial charge in [-0.05, 0) is 17.7 Å². The monoisotopic (exact) mass is 369 g/mol. The molecule has 2 aromatic carbocycles. The minimum atomic E-state index is -0.195.